The molecule has 4 aliphatic rings. The summed E-state index contributed by atoms with van der Waals surface area (Å²) in [4.78, 5) is 63.1. The zero-order valence-electron chi connectivity index (χ0n) is 36.5. The molecular weight excluding hydrogens is 864 g/mol. The van der Waals surface area contributed by atoms with Crippen molar-refractivity contribution in [2.45, 2.75) is 32.6 Å². The lowest BCUT2D eigenvalue weighted by Gasteiger charge is -2.49. The third-order valence-electron chi connectivity index (χ3n) is 14.1. The first-order valence-corrected chi connectivity index (χ1v) is 22.5. The summed E-state index contributed by atoms with van der Waals surface area (Å²) in [5.74, 6) is -3.56. The van der Waals surface area contributed by atoms with E-state index in [1.807, 2.05) is 73.7 Å². The highest BCUT2D eigenvalue weighted by atomic mass is 35.5. The highest BCUT2D eigenvalue weighted by Gasteiger charge is 2.68. The Hall–Kier alpha value is -6.70. The molecule has 12 nitrogen and oxygen atoms in total. The number of imide groups is 2. The Morgan fingerprint density at radius 2 is 1.62 bits per heavy atom. The van der Waals surface area contributed by atoms with Gasteiger partial charge in [-0.2, -0.15) is 5.10 Å². The zero-order valence-corrected chi connectivity index (χ0v) is 38.1. The molecule has 10 rings (SSSR count). The SMILES string of the molecule is COc1ccc(OC)c(C=Cc2ccc(N3C(=O)[C@H]4[C@H](CC=C5[C@H]4C[C@H]4C(=O)N(c6cc(-c7sc8ccc(Cl)cc8c7C)nn6C)C(=O)[C@@]4(C)[C@H]5c4c(O)cccc4OC)C3=O)cc2)c1. The minimum atomic E-state index is -1.42. The van der Waals surface area contributed by atoms with Gasteiger partial charge in [-0.15, -0.1) is 11.3 Å². The second kappa shape index (κ2) is 15.8. The van der Waals surface area contributed by atoms with E-state index in [9.17, 15) is 14.7 Å². The number of anilines is 2. The van der Waals surface area contributed by atoms with E-state index >= 15 is 9.59 Å². The minimum absolute atomic E-state index is 0.103. The van der Waals surface area contributed by atoms with E-state index in [-0.39, 0.29) is 30.4 Å². The average Bonchev–Trinajstić information content (AvgIpc) is 3.98. The first-order valence-electron chi connectivity index (χ1n) is 21.3. The quantitative estimate of drug-likeness (QED) is 0.0853. The van der Waals surface area contributed by atoms with Gasteiger partial charge < -0.3 is 19.3 Å². The molecule has 3 fully saturated rings. The number of halogens is 1. The molecule has 4 amide bonds. The lowest BCUT2D eigenvalue weighted by atomic mass is 9.51. The van der Waals surface area contributed by atoms with E-state index in [0.29, 0.717) is 45.0 Å². The van der Waals surface area contributed by atoms with Crippen molar-refractivity contribution in [2.24, 2.45) is 36.1 Å². The average molecular weight is 909 g/mol. The van der Waals surface area contributed by atoms with Crippen LogP contribution in [0.4, 0.5) is 11.5 Å². The number of ether oxygens (including phenoxy) is 3. The number of fused-ring (bicyclic) bond motifs is 5. The van der Waals surface area contributed by atoms with Crippen LogP contribution in [0.15, 0.2) is 96.6 Å². The maximum absolute atomic E-state index is 15.3. The van der Waals surface area contributed by atoms with Gasteiger partial charge in [0.2, 0.25) is 23.6 Å². The van der Waals surface area contributed by atoms with Crippen LogP contribution in [0.25, 0.3) is 32.8 Å². The Morgan fingerprint density at radius 1 is 0.846 bits per heavy atom. The first kappa shape index (κ1) is 42.3. The molecule has 2 aliphatic heterocycles. The van der Waals surface area contributed by atoms with Crippen LogP contribution in [0.2, 0.25) is 5.02 Å². The molecule has 4 aromatic carbocycles. The molecule has 14 heteroatoms. The van der Waals surface area contributed by atoms with Gasteiger partial charge in [-0.05, 0) is 110 Å². The zero-order chi connectivity index (χ0) is 45.6. The number of carbonyl (C=O) groups is 4. The summed E-state index contributed by atoms with van der Waals surface area (Å²) in [7, 11) is 6.40. The number of hydrogen-bond donors (Lipinski definition) is 1. The van der Waals surface area contributed by atoms with Gasteiger partial charge in [0, 0.05) is 39.9 Å². The van der Waals surface area contributed by atoms with Crippen molar-refractivity contribution in [1.29, 1.82) is 0 Å². The molecule has 0 radical (unpaired) electrons. The number of nitrogens with zero attached hydrogens (tertiary/aromatic N) is 4. The predicted octanol–water partition coefficient (Wildman–Crippen LogP) is 9.60. The van der Waals surface area contributed by atoms with Gasteiger partial charge >= 0.3 is 0 Å². The second-order valence-electron chi connectivity index (χ2n) is 17.3. The Balaban J connectivity index is 1.01. The fourth-order valence-corrected chi connectivity index (χ4v) is 12.2. The van der Waals surface area contributed by atoms with Crippen LogP contribution < -0.4 is 24.0 Å². The highest BCUT2D eigenvalue weighted by molar-refractivity contribution is 7.22. The van der Waals surface area contributed by atoms with E-state index in [1.54, 1.807) is 74.5 Å². The fourth-order valence-electron chi connectivity index (χ4n) is 10.9. The van der Waals surface area contributed by atoms with Crippen LogP contribution in [-0.4, -0.2) is 59.8 Å². The van der Waals surface area contributed by atoms with Crippen LogP contribution in [-0.2, 0) is 26.2 Å². The van der Waals surface area contributed by atoms with Crippen LogP contribution in [0.3, 0.4) is 0 Å². The molecular formula is C51H45ClN4O8S. The van der Waals surface area contributed by atoms with Crippen molar-refractivity contribution < 1.29 is 38.5 Å². The lowest BCUT2D eigenvalue weighted by molar-refractivity contribution is -0.131. The third-order valence-corrected chi connectivity index (χ3v) is 15.6. The standard InChI is InChI=1S/C51H45ClN4O8S/c1-26-34-23-29(52)14-21-41(34)65-46(26)37-25-42(54(3)53-37)56-48(59)36-24-35-32(45(51(36,2)50(56)61)44-38(57)8-7-9-40(44)64-6)18-19-33-43(35)49(60)55(47(33)58)30-15-11-27(12-16-30)10-13-28-22-31(62-4)17-20-39(28)63-5/h7-18,20-23,25,33,35-36,43,45,57H,19,24H2,1-6H3/t33-,35+,36-,43-,45+,51+/m0/s1. The monoisotopic (exact) mass is 908 g/mol. The normalized spacial score (nSPS) is 23.9. The van der Waals surface area contributed by atoms with Crippen LogP contribution >= 0.6 is 22.9 Å². The minimum Gasteiger partial charge on any atom is -0.508 e. The van der Waals surface area contributed by atoms with Crippen LogP contribution in [0, 0.1) is 36.0 Å². The number of allylic oxidation sites excluding steroid dienone is 2. The van der Waals surface area contributed by atoms with Crippen molar-refractivity contribution in [3.05, 3.63) is 124 Å². The summed E-state index contributed by atoms with van der Waals surface area (Å²) in [5.41, 5.74) is 3.35. The predicted molar refractivity (Wildman–Crippen MR) is 250 cm³/mol. The first-order chi connectivity index (χ1) is 31.3. The van der Waals surface area contributed by atoms with Gasteiger partial charge in [0.15, 0.2) is 0 Å². The van der Waals surface area contributed by atoms with Gasteiger partial charge in [-0.1, -0.05) is 53.6 Å². The summed E-state index contributed by atoms with van der Waals surface area (Å²) in [6, 6.07) is 25.1. The largest absolute Gasteiger partial charge is 0.508 e. The van der Waals surface area contributed by atoms with Gasteiger partial charge in [0.1, 0.15) is 34.5 Å². The number of aryl methyl sites for hydroxylation is 2. The number of hydrogen-bond acceptors (Lipinski definition) is 10. The number of phenols is 1. The number of carbonyl (C=O) groups excluding carboxylic acids is 4. The number of aromatic nitrogens is 2. The number of thiophene rings is 1. The molecule has 65 heavy (non-hydrogen) atoms. The molecule has 2 aliphatic carbocycles. The second-order valence-corrected chi connectivity index (χ2v) is 18.8. The number of aromatic hydroxyl groups is 1. The Labute approximate surface area is 384 Å². The van der Waals surface area contributed by atoms with Gasteiger partial charge in [-0.25, -0.2) is 4.90 Å². The van der Waals surface area contributed by atoms with Crippen molar-refractivity contribution >= 4 is 80.3 Å². The van der Waals surface area contributed by atoms with E-state index in [1.165, 1.54) is 23.0 Å². The van der Waals surface area contributed by atoms with E-state index in [0.717, 1.165) is 37.2 Å². The third kappa shape index (κ3) is 6.41. The lowest BCUT2D eigenvalue weighted by Crippen LogP contribution is -2.49. The Bertz CT molecular complexity index is 3060. The Kier molecular flexibility index (Phi) is 10.3. The summed E-state index contributed by atoms with van der Waals surface area (Å²) in [5, 5.41) is 18.1. The number of amides is 4. The van der Waals surface area contributed by atoms with Crippen molar-refractivity contribution in [2.75, 3.05) is 31.1 Å². The van der Waals surface area contributed by atoms with Crippen molar-refractivity contribution in [1.82, 2.24) is 9.78 Å². The summed E-state index contributed by atoms with van der Waals surface area (Å²) < 4.78 is 19.3. The van der Waals surface area contributed by atoms with Gasteiger partial charge in [-0.3, -0.25) is 28.8 Å². The molecule has 1 N–H and O–H groups in total. The molecule has 4 heterocycles. The summed E-state index contributed by atoms with van der Waals surface area (Å²) >= 11 is 7.91. The van der Waals surface area contributed by atoms with Crippen molar-refractivity contribution in [3.8, 4) is 33.6 Å². The maximum atomic E-state index is 15.3. The molecule has 2 aromatic heterocycles. The molecule has 6 aromatic rings. The summed E-state index contributed by atoms with van der Waals surface area (Å²) in [6.45, 7) is 3.78. The topological polar surface area (TPSA) is 140 Å². The van der Waals surface area contributed by atoms with Crippen LogP contribution in [0.5, 0.6) is 23.0 Å². The number of benzene rings is 4. The van der Waals surface area contributed by atoms with Gasteiger partial charge in [0.05, 0.1) is 55.1 Å². The number of rotatable bonds is 9. The molecule has 0 spiro atoms. The number of phenolic OH excluding ortho intramolecular Hbond substituents is 1. The van der Waals surface area contributed by atoms with E-state index in [2.05, 4.69) is 0 Å². The van der Waals surface area contributed by atoms with Gasteiger partial charge in [0.25, 0.3) is 0 Å². The Morgan fingerprint density at radius 3 is 2.35 bits per heavy atom. The molecule has 330 valence electrons. The highest BCUT2D eigenvalue weighted by Crippen LogP contribution is 2.65. The molecule has 2 saturated heterocycles. The molecule has 0 unspecified atom stereocenters. The molecule has 1 saturated carbocycles. The smallest absolute Gasteiger partial charge is 0.242 e. The molecule has 0 bridgehead atoms. The van der Waals surface area contributed by atoms with Crippen molar-refractivity contribution in [3.63, 3.8) is 0 Å². The number of methoxy groups -OCH3 is 3. The maximum Gasteiger partial charge on any atom is 0.242 e. The van der Waals surface area contributed by atoms with Crippen LogP contribution in [0.1, 0.15) is 47.9 Å². The fraction of sp³-hybridized carbons (Fsp3) is 0.275. The molecule has 6 atom stereocenters. The van der Waals surface area contributed by atoms with E-state index < -0.39 is 46.8 Å². The summed E-state index contributed by atoms with van der Waals surface area (Å²) in [6.07, 6.45) is 6.16. The van der Waals surface area contributed by atoms with E-state index in [4.69, 9.17) is 30.9 Å².